The average Bonchev–Trinajstić information content (AvgIpc) is 2.37. The van der Waals surface area contributed by atoms with E-state index in [9.17, 15) is 14.4 Å². The van der Waals surface area contributed by atoms with Gasteiger partial charge in [0.2, 0.25) is 0 Å². The number of carbonyl (C=O) groups is 3. The summed E-state index contributed by atoms with van der Waals surface area (Å²) in [6, 6.07) is 5.15. The van der Waals surface area contributed by atoms with Crippen LogP contribution < -0.4 is 15.4 Å². The van der Waals surface area contributed by atoms with Gasteiger partial charge in [-0.05, 0) is 31.5 Å². The Balaban J connectivity index is 2.25. The van der Waals surface area contributed by atoms with Crippen LogP contribution in [0, 0.1) is 6.92 Å². The lowest BCUT2D eigenvalue weighted by molar-refractivity contribution is -0.149. The Morgan fingerprint density at radius 3 is 2.80 bits per heavy atom. The highest BCUT2D eigenvalue weighted by molar-refractivity contribution is 6.15. The molecule has 20 heavy (non-hydrogen) atoms. The summed E-state index contributed by atoms with van der Waals surface area (Å²) in [6.45, 7) is 2.58. The van der Waals surface area contributed by atoms with Crippen molar-refractivity contribution in [3.05, 3.63) is 23.8 Å². The van der Waals surface area contributed by atoms with Crippen molar-refractivity contribution in [2.75, 3.05) is 11.9 Å². The topological polar surface area (TPSA) is 105 Å². The Morgan fingerprint density at radius 1 is 1.45 bits per heavy atom. The molecule has 7 nitrogen and oxygen atoms in total. The number of fused-ring (bicyclic) bond motifs is 1. The fourth-order valence-electron chi connectivity index (χ4n) is 1.81. The number of carboxylic acids is 1. The van der Waals surface area contributed by atoms with Gasteiger partial charge in [0, 0.05) is 0 Å². The second kappa shape index (κ2) is 4.84. The average molecular weight is 278 g/mol. The molecule has 0 radical (unpaired) electrons. The number of nitrogens with one attached hydrogen (secondary N) is 2. The highest BCUT2D eigenvalue weighted by Crippen LogP contribution is 2.34. The van der Waals surface area contributed by atoms with Crippen LogP contribution in [0.25, 0.3) is 0 Å². The van der Waals surface area contributed by atoms with Crippen molar-refractivity contribution in [1.29, 1.82) is 0 Å². The van der Waals surface area contributed by atoms with E-state index in [1.54, 1.807) is 18.2 Å². The minimum Gasteiger partial charge on any atom is -0.480 e. The SMILES string of the molecule is Cc1ccc2c(c1)NC(=O)C(C)(C(=O)NCC(=O)O)O2. The molecule has 0 spiro atoms. The molecule has 1 aliphatic heterocycles. The molecule has 0 aliphatic carbocycles. The van der Waals surface area contributed by atoms with Gasteiger partial charge >= 0.3 is 5.97 Å². The Bertz CT molecular complexity index is 598. The van der Waals surface area contributed by atoms with Gasteiger partial charge in [0.1, 0.15) is 12.3 Å². The first-order valence-corrected chi connectivity index (χ1v) is 5.94. The van der Waals surface area contributed by atoms with Gasteiger partial charge in [-0.25, -0.2) is 0 Å². The molecule has 106 valence electrons. The van der Waals surface area contributed by atoms with E-state index in [0.717, 1.165) is 5.56 Å². The van der Waals surface area contributed by atoms with Crippen LogP contribution in [0.2, 0.25) is 0 Å². The first-order valence-electron chi connectivity index (χ1n) is 5.94. The molecule has 7 heteroatoms. The van der Waals surface area contributed by atoms with Gasteiger partial charge < -0.3 is 20.5 Å². The molecule has 1 aliphatic rings. The van der Waals surface area contributed by atoms with Crippen molar-refractivity contribution in [1.82, 2.24) is 5.32 Å². The van der Waals surface area contributed by atoms with Crippen LogP contribution >= 0.6 is 0 Å². The van der Waals surface area contributed by atoms with Crippen LogP contribution in [-0.4, -0.2) is 35.0 Å². The third kappa shape index (κ3) is 2.42. The number of hydrogen-bond donors (Lipinski definition) is 3. The Labute approximate surface area is 114 Å². The summed E-state index contributed by atoms with van der Waals surface area (Å²) in [5.41, 5.74) is -0.373. The summed E-state index contributed by atoms with van der Waals surface area (Å²) in [5.74, 6) is -2.28. The summed E-state index contributed by atoms with van der Waals surface area (Å²) in [4.78, 5) is 34.4. The van der Waals surface area contributed by atoms with Crippen molar-refractivity contribution in [2.45, 2.75) is 19.4 Å². The first-order chi connectivity index (χ1) is 9.33. The smallest absolute Gasteiger partial charge is 0.322 e. The summed E-state index contributed by atoms with van der Waals surface area (Å²) >= 11 is 0. The van der Waals surface area contributed by atoms with Gasteiger partial charge in [0.05, 0.1) is 5.69 Å². The molecule has 1 unspecified atom stereocenters. The summed E-state index contributed by atoms with van der Waals surface area (Å²) in [6.07, 6.45) is 0. The first kappa shape index (κ1) is 13.9. The van der Waals surface area contributed by atoms with Gasteiger partial charge in [-0.15, -0.1) is 0 Å². The number of aliphatic carboxylic acids is 1. The fourth-order valence-corrected chi connectivity index (χ4v) is 1.81. The molecule has 2 rings (SSSR count). The third-order valence-electron chi connectivity index (χ3n) is 2.96. The number of carbonyl (C=O) groups excluding carboxylic acids is 2. The lowest BCUT2D eigenvalue weighted by atomic mass is 10.0. The lowest BCUT2D eigenvalue weighted by Crippen LogP contribution is -2.59. The van der Waals surface area contributed by atoms with E-state index in [-0.39, 0.29) is 0 Å². The zero-order valence-corrected chi connectivity index (χ0v) is 11.0. The number of amides is 2. The minimum absolute atomic E-state index is 0.364. The second-order valence-corrected chi connectivity index (χ2v) is 4.67. The number of benzene rings is 1. The highest BCUT2D eigenvalue weighted by atomic mass is 16.5. The zero-order chi connectivity index (χ0) is 14.9. The van der Waals surface area contributed by atoms with E-state index in [4.69, 9.17) is 9.84 Å². The van der Waals surface area contributed by atoms with Crippen LogP contribution in [-0.2, 0) is 14.4 Å². The maximum atomic E-state index is 12.0. The summed E-state index contributed by atoms with van der Waals surface area (Å²) in [7, 11) is 0. The molecule has 2 amide bonds. The molecule has 1 aromatic carbocycles. The van der Waals surface area contributed by atoms with Crippen molar-refractivity contribution >= 4 is 23.5 Å². The molecule has 1 aromatic rings. The molecule has 0 fully saturated rings. The van der Waals surface area contributed by atoms with Crippen LogP contribution in [0.4, 0.5) is 5.69 Å². The van der Waals surface area contributed by atoms with Crippen molar-refractivity contribution in [3.8, 4) is 5.75 Å². The molecule has 0 saturated carbocycles. The van der Waals surface area contributed by atoms with Crippen molar-refractivity contribution in [3.63, 3.8) is 0 Å². The van der Waals surface area contributed by atoms with Gasteiger partial charge in [-0.2, -0.15) is 0 Å². The molecule has 0 bridgehead atoms. The van der Waals surface area contributed by atoms with Gasteiger partial charge in [0.25, 0.3) is 17.4 Å². The summed E-state index contributed by atoms with van der Waals surface area (Å²) in [5, 5.41) is 13.3. The van der Waals surface area contributed by atoms with Crippen molar-refractivity contribution < 1.29 is 24.2 Å². The van der Waals surface area contributed by atoms with Crippen LogP contribution in [0.3, 0.4) is 0 Å². The van der Waals surface area contributed by atoms with E-state index >= 15 is 0 Å². The quantitative estimate of drug-likeness (QED) is 0.689. The maximum Gasteiger partial charge on any atom is 0.322 e. The lowest BCUT2D eigenvalue weighted by Gasteiger charge is -2.33. The molecule has 3 N–H and O–H groups in total. The number of rotatable bonds is 3. The van der Waals surface area contributed by atoms with Gasteiger partial charge in [0.15, 0.2) is 0 Å². The molecular formula is C13H14N2O5. The zero-order valence-electron chi connectivity index (χ0n) is 11.0. The predicted molar refractivity (Wildman–Crippen MR) is 69.5 cm³/mol. The third-order valence-corrected chi connectivity index (χ3v) is 2.96. The minimum atomic E-state index is -1.79. The number of hydrogen-bond acceptors (Lipinski definition) is 4. The van der Waals surface area contributed by atoms with Gasteiger partial charge in [-0.1, -0.05) is 6.07 Å². The van der Waals surface area contributed by atoms with E-state index in [0.29, 0.717) is 11.4 Å². The van der Waals surface area contributed by atoms with E-state index < -0.39 is 29.9 Å². The van der Waals surface area contributed by atoms with Gasteiger partial charge in [-0.3, -0.25) is 14.4 Å². The summed E-state index contributed by atoms with van der Waals surface area (Å²) < 4.78 is 5.46. The number of anilines is 1. The number of aryl methyl sites for hydroxylation is 1. The Hall–Kier alpha value is -2.57. The van der Waals surface area contributed by atoms with Crippen LogP contribution in [0.5, 0.6) is 5.75 Å². The van der Waals surface area contributed by atoms with E-state index in [1.165, 1.54) is 6.92 Å². The highest BCUT2D eigenvalue weighted by Gasteiger charge is 2.47. The van der Waals surface area contributed by atoms with E-state index in [2.05, 4.69) is 10.6 Å². The maximum absolute atomic E-state index is 12.0. The molecule has 1 atom stereocenters. The predicted octanol–water partition coefficient (Wildman–Crippen LogP) is 0.285. The fraction of sp³-hybridized carbons (Fsp3) is 0.308. The largest absolute Gasteiger partial charge is 0.480 e. The standard InChI is InChI=1S/C13H14N2O5/c1-7-3-4-9-8(5-7)15-12(19)13(2,20-9)11(18)14-6-10(16)17/h3-5H,6H2,1-2H3,(H,14,18)(H,15,19)(H,16,17). The van der Waals surface area contributed by atoms with Crippen molar-refractivity contribution in [2.24, 2.45) is 0 Å². The normalized spacial score (nSPS) is 20.4. The Kier molecular flexibility index (Phi) is 3.35. The number of ether oxygens (including phenoxy) is 1. The van der Waals surface area contributed by atoms with Crippen LogP contribution in [0.15, 0.2) is 18.2 Å². The second-order valence-electron chi connectivity index (χ2n) is 4.67. The number of carboxylic acid groups (broad SMARTS) is 1. The monoisotopic (exact) mass is 278 g/mol. The van der Waals surface area contributed by atoms with Crippen LogP contribution in [0.1, 0.15) is 12.5 Å². The van der Waals surface area contributed by atoms with E-state index in [1.807, 2.05) is 6.92 Å². The molecular weight excluding hydrogens is 264 g/mol. The Morgan fingerprint density at radius 2 is 2.15 bits per heavy atom. The molecule has 0 aromatic heterocycles. The molecule has 1 heterocycles. The molecule has 0 saturated heterocycles.